The number of hydrogen-bond acceptors (Lipinski definition) is 5. The molecule has 2 N–H and O–H groups in total. The molecule has 7 heteroatoms. The maximum atomic E-state index is 11.4. The maximum absolute atomic E-state index is 11.4. The van der Waals surface area contributed by atoms with Crippen LogP contribution in [-0.2, 0) is 0 Å². The summed E-state index contributed by atoms with van der Waals surface area (Å²) in [6.07, 6.45) is 0. The van der Waals surface area contributed by atoms with Gasteiger partial charge < -0.3 is 14.7 Å². The summed E-state index contributed by atoms with van der Waals surface area (Å²) in [6.45, 7) is 0.0101. The van der Waals surface area contributed by atoms with Gasteiger partial charge in [-0.2, -0.15) is 0 Å². The molecule has 3 rings (SSSR count). The Bertz CT molecular complexity index is 846. The van der Waals surface area contributed by atoms with Crippen molar-refractivity contribution in [1.29, 1.82) is 5.41 Å². The van der Waals surface area contributed by atoms with E-state index in [-0.39, 0.29) is 29.5 Å². The number of aliphatic hydroxyl groups is 1. The van der Waals surface area contributed by atoms with E-state index in [0.29, 0.717) is 16.9 Å². The molecule has 1 aliphatic rings. The molecule has 0 saturated heterocycles. The molecule has 1 aliphatic heterocycles. The molecule has 0 radical (unpaired) electrons. The Balaban J connectivity index is 2.02. The standard InChI is InChI=1S/C17H15N3O4/c1-24-12-7-8-13(14(9-12)20(22)23)19-10-15(21)16(17(19)18)11-5-3-2-4-6-11/h2-9,18,21H,10H2,1H3. The van der Waals surface area contributed by atoms with E-state index in [1.165, 1.54) is 24.1 Å². The van der Waals surface area contributed by atoms with Gasteiger partial charge in [0.25, 0.3) is 5.69 Å². The minimum atomic E-state index is -0.525. The molecule has 122 valence electrons. The minimum Gasteiger partial charge on any atom is -0.510 e. The lowest BCUT2D eigenvalue weighted by Gasteiger charge is -2.19. The van der Waals surface area contributed by atoms with Crippen LogP contribution in [0.2, 0.25) is 0 Å². The SMILES string of the molecule is COc1ccc(N2CC(O)=C(c3ccccc3)C2=N)c([N+](=O)[O-])c1. The molecule has 24 heavy (non-hydrogen) atoms. The van der Waals surface area contributed by atoms with Crippen LogP contribution in [0.25, 0.3) is 5.57 Å². The predicted molar refractivity (Wildman–Crippen MR) is 90.7 cm³/mol. The van der Waals surface area contributed by atoms with Gasteiger partial charge in [-0.15, -0.1) is 0 Å². The maximum Gasteiger partial charge on any atom is 0.296 e. The first-order valence-corrected chi connectivity index (χ1v) is 7.19. The average Bonchev–Trinajstić information content (AvgIpc) is 2.89. The van der Waals surface area contributed by atoms with Crippen LogP contribution in [0.15, 0.2) is 54.3 Å². The van der Waals surface area contributed by atoms with Crippen molar-refractivity contribution in [3.05, 3.63) is 70.0 Å². The molecule has 0 spiro atoms. The number of nitrogens with zero attached hydrogens (tertiary/aromatic N) is 2. The van der Waals surface area contributed by atoms with E-state index < -0.39 is 4.92 Å². The molecule has 0 aliphatic carbocycles. The molecular weight excluding hydrogens is 310 g/mol. The van der Waals surface area contributed by atoms with E-state index in [0.717, 1.165) is 0 Å². The fourth-order valence-electron chi connectivity index (χ4n) is 2.70. The molecule has 0 amide bonds. The molecular formula is C17H15N3O4. The van der Waals surface area contributed by atoms with Gasteiger partial charge in [-0.3, -0.25) is 15.5 Å². The minimum absolute atomic E-state index is 0.0101. The largest absolute Gasteiger partial charge is 0.510 e. The monoisotopic (exact) mass is 325 g/mol. The topological polar surface area (TPSA) is 99.7 Å². The Morgan fingerprint density at radius 3 is 2.58 bits per heavy atom. The van der Waals surface area contributed by atoms with E-state index >= 15 is 0 Å². The van der Waals surface area contributed by atoms with Crippen molar-refractivity contribution < 1.29 is 14.8 Å². The second-order valence-corrected chi connectivity index (χ2v) is 5.23. The van der Waals surface area contributed by atoms with Gasteiger partial charge in [0.15, 0.2) is 0 Å². The van der Waals surface area contributed by atoms with Gasteiger partial charge in [-0.1, -0.05) is 30.3 Å². The summed E-state index contributed by atoms with van der Waals surface area (Å²) in [5.41, 5.74) is 1.13. The third kappa shape index (κ3) is 2.56. The summed E-state index contributed by atoms with van der Waals surface area (Å²) < 4.78 is 5.02. The van der Waals surface area contributed by atoms with E-state index in [4.69, 9.17) is 10.1 Å². The van der Waals surface area contributed by atoms with Gasteiger partial charge in [-0.25, -0.2) is 0 Å². The molecule has 2 aromatic carbocycles. The molecule has 0 aromatic heterocycles. The number of rotatable bonds is 4. The van der Waals surface area contributed by atoms with Crippen molar-refractivity contribution in [3.63, 3.8) is 0 Å². The normalized spacial score (nSPS) is 14.2. The summed E-state index contributed by atoms with van der Waals surface area (Å²) in [6, 6.07) is 13.4. The zero-order valence-corrected chi connectivity index (χ0v) is 12.9. The van der Waals surface area contributed by atoms with Crippen LogP contribution < -0.4 is 9.64 Å². The first-order chi connectivity index (χ1) is 11.5. The Labute approximate surface area is 138 Å². The third-order valence-electron chi connectivity index (χ3n) is 3.84. The number of methoxy groups -OCH3 is 1. The average molecular weight is 325 g/mol. The fourth-order valence-corrected chi connectivity index (χ4v) is 2.70. The van der Waals surface area contributed by atoms with Gasteiger partial charge in [0.1, 0.15) is 23.0 Å². The summed E-state index contributed by atoms with van der Waals surface area (Å²) >= 11 is 0. The Morgan fingerprint density at radius 2 is 1.96 bits per heavy atom. The van der Waals surface area contributed by atoms with Gasteiger partial charge >= 0.3 is 0 Å². The van der Waals surface area contributed by atoms with E-state index in [1.54, 1.807) is 30.3 Å². The quantitative estimate of drug-likeness (QED) is 0.663. The number of nitro groups is 1. The third-order valence-corrected chi connectivity index (χ3v) is 3.84. The fraction of sp³-hybridized carbons (Fsp3) is 0.118. The Hall–Kier alpha value is -3.35. The van der Waals surface area contributed by atoms with Crippen LogP contribution in [0.5, 0.6) is 5.75 Å². The van der Waals surface area contributed by atoms with E-state index in [9.17, 15) is 15.2 Å². The second-order valence-electron chi connectivity index (χ2n) is 5.23. The number of aliphatic hydroxyl groups excluding tert-OH is 1. The molecule has 0 fully saturated rings. The van der Waals surface area contributed by atoms with Crippen LogP contribution in [0, 0.1) is 15.5 Å². The van der Waals surface area contributed by atoms with E-state index in [1.807, 2.05) is 6.07 Å². The summed E-state index contributed by atoms with van der Waals surface area (Å²) in [4.78, 5) is 12.2. The lowest BCUT2D eigenvalue weighted by Crippen LogP contribution is -2.26. The zero-order chi connectivity index (χ0) is 17.3. The first kappa shape index (κ1) is 15.5. The van der Waals surface area contributed by atoms with E-state index in [2.05, 4.69) is 0 Å². The van der Waals surface area contributed by atoms with Crippen molar-refractivity contribution in [2.75, 3.05) is 18.6 Å². The number of amidine groups is 1. The van der Waals surface area contributed by atoms with Crippen molar-refractivity contribution in [2.24, 2.45) is 0 Å². The van der Waals surface area contributed by atoms with Crippen molar-refractivity contribution >= 4 is 22.8 Å². The lowest BCUT2D eigenvalue weighted by molar-refractivity contribution is -0.384. The number of nitrogens with one attached hydrogen (secondary N) is 1. The molecule has 0 bridgehead atoms. The molecule has 1 heterocycles. The number of nitro benzene ring substituents is 1. The number of ether oxygens (including phenoxy) is 1. The van der Waals surface area contributed by atoms with Gasteiger partial charge in [0.2, 0.25) is 0 Å². The number of anilines is 1. The van der Waals surface area contributed by atoms with Crippen molar-refractivity contribution in [3.8, 4) is 5.75 Å². The smallest absolute Gasteiger partial charge is 0.296 e. The second kappa shape index (κ2) is 6.04. The van der Waals surface area contributed by atoms with Crippen molar-refractivity contribution in [1.82, 2.24) is 0 Å². The van der Waals surface area contributed by atoms with Gasteiger partial charge in [0, 0.05) is 0 Å². The highest BCUT2D eigenvalue weighted by molar-refractivity contribution is 6.31. The lowest BCUT2D eigenvalue weighted by atomic mass is 10.1. The highest BCUT2D eigenvalue weighted by atomic mass is 16.6. The van der Waals surface area contributed by atoms with Crippen LogP contribution in [0.4, 0.5) is 11.4 Å². The number of hydrogen-bond donors (Lipinski definition) is 2. The molecule has 0 atom stereocenters. The van der Waals surface area contributed by atoms with Crippen molar-refractivity contribution in [2.45, 2.75) is 0 Å². The van der Waals surface area contributed by atoms with Crippen LogP contribution in [-0.4, -0.2) is 29.5 Å². The molecule has 2 aromatic rings. The highest BCUT2D eigenvalue weighted by Crippen LogP contribution is 2.37. The Morgan fingerprint density at radius 1 is 1.25 bits per heavy atom. The summed E-state index contributed by atoms with van der Waals surface area (Å²) in [5, 5.41) is 30.0. The van der Waals surface area contributed by atoms with Crippen LogP contribution in [0.3, 0.4) is 0 Å². The molecule has 7 nitrogen and oxygen atoms in total. The predicted octanol–water partition coefficient (Wildman–Crippen LogP) is 3.37. The van der Waals surface area contributed by atoms with Gasteiger partial charge in [0.05, 0.1) is 30.2 Å². The Kier molecular flexibility index (Phi) is 3.91. The van der Waals surface area contributed by atoms with Gasteiger partial charge in [-0.05, 0) is 17.7 Å². The van der Waals surface area contributed by atoms with Crippen LogP contribution in [0.1, 0.15) is 5.56 Å². The first-order valence-electron chi connectivity index (χ1n) is 7.19. The molecule has 0 saturated carbocycles. The van der Waals surface area contributed by atoms with Crippen LogP contribution >= 0.6 is 0 Å². The molecule has 0 unspecified atom stereocenters. The summed E-state index contributed by atoms with van der Waals surface area (Å²) in [7, 11) is 1.43. The summed E-state index contributed by atoms with van der Waals surface area (Å²) in [5.74, 6) is 0.389. The number of benzene rings is 2. The zero-order valence-electron chi connectivity index (χ0n) is 12.9. The highest BCUT2D eigenvalue weighted by Gasteiger charge is 2.33.